The Morgan fingerprint density at radius 3 is 2.00 bits per heavy atom. The molecule has 10 rings (SSSR count). The van der Waals surface area contributed by atoms with E-state index >= 15 is 0 Å². The topological polar surface area (TPSA) is 8.17 Å². The van der Waals surface area contributed by atoms with Crippen LogP contribution in [0.5, 0.6) is 0 Å². The Morgan fingerprint density at radius 1 is 0.429 bits per heavy atom. The maximum absolute atomic E-state index is 2.46. The smallest absolute Gasteiger partial charge is 0.0554 e. The Hall–Kier alpha value is -6.16. The lowest BCUT2D eigenvalue weighted by molar-refractivity contribution is 1.18. The minimum Gasteiger partial charge on any atom is -0.310 e. The van der Waals surface area contributed by atoms with E-state index in [0.29, 0.717) is 0 Å². The van der Waals surface area contributed by atoms with Gasteiger partial charge in [0.15, 0.2) is 0 Å². The molecule has 0 spiro atoms. The predicted molar refractivity (Wildman–Crippen MR) is 211 cm³/mol. The van der Waals surface area contributed by atoms with Crippen molar-refractivity contribution in [1.29, 1.82) is 0 Å². The number of thiophene rings is 1. The molecule has 49 heavy (non-hydrogen) atoms. The molecule has 0 radical (unpaired) electrons. The minimum absolute atomic E-state index is 1.12. The highest BCUT2D eigenvalue weighted by Crippen LogP contribution is 2.47. The van der Waals surface area contributed by atoms with Crippen molar-refractivity contribution in [3.8, 4) is 16.8 Å². The van der Waals surface area contributed by atoms with Gasteiger partial charge < -0.3 is 9.47 Å². The number of hydrogen-bond acceptors (Lipinski definition) is 2. The summed E-state index contributed by atoms with van der Waals surface area (Å²) in [4.78, 5) is 2.46. The predicted octanol–water partition coefficient (Wildman–Crippen LogP) is 13.4. The highest BCUT2D eigenvalue weighted by Gasteiger charge is 2.21. The zero-order valence-corrected chi connectivity index (χ0v) is 27.4. The molecule has 3 heteroatoms. The lowest BCUT2D eigenvalue weighted by Crippen LogP contribution is -2.10. The lowest BCUT2D eigenvalue weighted by Gasteiger charge is -2.28. The number of benzene rings is 8. The standard InChI is InChI=1S/C46H30N2S/c1-3-13-31(14-4-1)33-16-11-19-35(29-33)47(43-23-12-15-32-25-27-39-38-21-8-10-24-44(38)49-46(39)45(32)43)36-26-28-42-40(30-36)37-20-7-9-22-41(37)48(42)34-17-5-2-6-18-34/h1-30H. The second kappa shape index (κ2) is 11.2. The summed E-state index contributed by atoms with van der Waals surface area (Å²) < 4.78 is 5.01. The van der Waals surface area contributed by atoms with Crippen molar-refractivity contribution in [2.75, 3.05) is 4.90 Å². The van der Waals surface area contributed by atoms with Crippen LogP contribution >= 0.6 is 11.3 Å². The molecule has 0 fully saturated rings. The van der Waals surface area contributed by atoms with Gasteiger partial charge >= 0.3 is 0 Å². The van der Waals surface area contributed by atoms with E-state index in [9.17, 15) is 0 Å². The van der Waals surface area contributed by atoms with Crippen LogP contribution < -0.4 is 4.90 Å². The first-order chi connectivity index (χ1) is 24.3. The van der Waals surface area contributed by atoms with Gasteiger partial charge in [-0.1, -0.05) is 121 Å². The number of hydrogen-bond donors (Lipinski definition) is 0. The molecule has 10 aromatic rings. The van der Waals surface area contributed by atoms with Gasteiger partial charge in [-0.3, -0.25) is 0 Å². The van der Waals surface area contributed by atoms with Crippen LogP contribution in [-0.2, 0) is 0 Å². The monoisotopic (exact) mass is 642 g/mol. The Bertz CT molecular complexity index is 2830. The zero-order chi connectivity index (χ0) is 32.3. The molecule has 0 saturated heterocycles. The summed E-state index contributed by atoms with van der Waals surface area (Å²) >= 11 is 1.89. The fourth-order valence-electron chi connectivity index (χ4n) is 7.56. The normalized spacial score (nSPS) is 11.7. The van der Waals surface area contributed by atoms with Crippen molar-refractivity contribution in [3.05, 3.63) is 182 Å². The second-order valence-electron chi connectivity index (χ2n) is 12.6. The molecule has 0 amide bonds. The Morgan fingerprint density at radius 2 is 1.12 bits per heavy atom. The molecule has 2 nitrogen and oxygen atoms in total. The van der Waals surface area contributed by atoms with Crippen LogP contribution in [0.1, 0.15) is 0 Å². The molecule has 0 aliphatic rings. The third kappa shape index (κ3) is 4.47. The van der Waals surface area contributed by atoms with Gasteiger partial charge in [0.05, 0.1) is 16.7 Å². The third-order valence-corrected chi connectivity index (χ3v) is 11.0. The number of aromatic nitrogens is 1. The Labute approximate surface area is 288 Å². The minimum atomic E-state index is 1.12. The lowest BCUT2D eigenvalue weighted by atomic mass is 10.0. The van der Waals surface area contributed by atoms with Gasteiger partial charge in [0, 0.05) is 53.4 Å². The van der Waals surface area contributed by atoms with E-state index in [-0.39, 0.29) is 0 Å². The van der Waals surface area contributed by atoms with Gasteiger partial charge in [0.25, 0.3) is 0 Å². The summed E-state index contributed by atoms with van der Waals surface area (Å²) in [5.74, 6) is 0. The Kier molecular flexibility index (Phi) is 6.39. The molecule has 2 heterocycles. The first kappa shape index (κ1) is 27.9. The molecule has 230 valence electrons. The van der Waals surface area contributed by atoms with E-state index in [4.69, 9.17) is 0 Å². The Balaban J connectivity index is 1.28. The first-order valence-electron chi connectivity index (χ1n) is 16.7. The van der Waals surface area contributed by atoms with Gasteiger partial charge in [-0.2, -0.15) is 0 Å². The highest BCUT2D eigenvalue weighted by atomic mass is 32.1. The molecular weight excluding hydrogens is 613 g/mol. The number of nitrogens with zero attached hydrogens (tertiary/aromatic N) is 2. The molecule has 8 aromatic carbocycles. The second-order valence-corrected chi connectivity index (χ2v) is 13.6. The van der Waals surface area contributed by atoms with E-state index in [1.165, 1.54) is 69.6 Å². The highest BCUT2D eigenvalue weighted by molar-refractivity contribution is 7.26. The molecule has 0 N–H and O–H groups in total. The molecule has 2 aromatic heterocycles. The van der Waals surface area contributed by atoms with Crippen LogP contribution in [0.4, 0.5) is 17.1 Å². The maximum atomic E-state index is 2.46. The molecule has 0 saturated carbocycles. The largest absolute Gasteiger partial charge is 0.310 e. The fraction of sp³-hybridized carbons (Fsp3) is 0. The summed E-state index contributed by atoms with van der Waals surface area (Å²) in [5.41, 5.74) is 9.38. The summed E-state index contributed by atoms with van der Waals surface area (Å²) in [6.07, 6.45) is 0. The zero-order valence-electron chi connectivity index (χ0n) is 26.6. The first-order valence-corrected chi connectivity index (χ1v) is 17.5. The van der Waals surface area contributed by atoms with Gasteiger partial charge in [0.2, 0.25) is 0 Å². The van der Waals surface area contributed by atoms with E-state index in [1.807, 2.05) is 11.3 Å². The number of fused-ring (bicyclic) bond motifs is 8. The van der Waals surface area contributed by atoms with Crippen molar-refractivity contribution in [1.82, 2.24) is 4.57 Å². The fourth-order valence-corrected chi connectivity index (χ4v) is 8.82. The van der Waals surface area contributed by atoms with Gasteiger partial charge in [-0.15, -0.1) is 11.3 Å². The number of para-hydroxylation sites is 2. The van der Waals surface area contributed by atoms with Crippen LogP contribution in [0.15, 0.2) is 182 Å². The van der Waals surface area contributed by atoms with Crippen molar-refractivity contribution >= 4 is 81.1 Å². The van der Waals surface area contributed by atoms with Crippen molar-refractivity contribution in [2.24, 2.45) is 0 Å². The average Bonchev–Trinajstić information content (AvgIpc) is 3.72. The summed E-state index contributed by atoms with van der Waals surface area (Å²) in [6.45, 7) is 0. The van der Waals surface area contributed by atoms with Crippen molar-refractivity contribution in [2.45, 2.75) is 0 Å². The van der Waals surface area contributed by atoms with Crippen LogP contribution in [0.3, 0.4) is 0 Å². The van der Waals surface area contributed by atoms with Crippen molar-refractivity contribution < 1.29 is 0 Å². The molecule has 0 bridgehead atoms. The molecular formula is C46H30N2S. The van der Waals surface area contributed by atoms with Crippen molar-refractivity contribution in [3.63, 3.8) is 0 Å². The third-order valence-electron chi connectivity index (χ3n) is 9.75. The average molecular weight is 643 g/mol. The van der Waals surface area contributed by atoms with Crippen LogP contribution in [0.25, 0.3) is 69.6 Å². The van der Waals surface area contributed by atoms with E-state index < -0.39 is 0 Å². The molecule has 0 atom stereocenters. The summed E-state index contributed by atoms with van der Waals surface area (Å²) in [7, 11) is 0. The molecule has 0 unspecified atom stereocenters. The quantitative estimate of drug-likeness (QED) is 0.181. The van der Waals surface area contributed by atoms with Crippen LogP contribution in [-0.4, -0.2) is 4.57 Å². The van der Waals surface area contributed by atoms with Gasteiger partial charge in [0.1, 0.15) is 0 Å². The summed E-state index contributed by atoms with van der Waals surface area (Å²) in [6, 6.07) is 66.2. The number of anilines is 3. The molecule has 0 aliphatic heterocycles. The molecule has 0 aliphatic carbocycles. The van der Waals surface area contributed by atoms with Gasteiger partial charge in [-0.05, 0) is 77.2 Å². The van der Waals surface area contributed by atoms with Gasteiger partial charge in [-0.25, -0.2) is 0 Å². The maximum Gasteiger partial charge on any atom is 0.0554 e. The number of rotatable bonds is 5. The van der Waals surface area contributed by atoms with E-state index in [2.05, 4.69) is 191 Å². The SMILES string of the molecule is c1ccc(-c2cccc(N(c3ccc4c(c3)c3ccccc3n4-c3ccccc3)c3cccc4ccc5c6ccccc6sc5c34)c2)cc1. The van der Waals surface area contributed by atoms with Crippen LogP contribution in [0, 0.1) is 0 Å². The van der Waals surface area contributed by atoms with E-state index in [0.717, 1.165) is 17.1 Å². The van der Waals surface area contributed by atoms with E-state index in [1.54, 1.807) is 0 Å². The van der Waals surface area contributed by atoms with Crippen LogP contribution in [0.2, 0.25) is 0 Å². The summed E-state index contributed by atoms with van der Waals surface area (Å²) in [5, 5.41) is 7.60.